The summed E-state index contributed by atoms with van der Waals surface area (Å²) in [5.74, 6) is -0.276. The zero-order chi connectivity index (χ0) is 12.4. The molecule has 2 rings (SSSR count). The van der Waals surface area contributed by atoms with Crippen LogP contribution in [0.1, 0.15) is 31.6 Å². The molecule has 1 aliphatic carbocycles. The maximum atomic E-state index is 12.7. The molecule has 0 radical (unpaired) electrons. The molecule has 0 aliphatic heterocycles. The lowest BCUT2D eigenvalue weighted by Gasteiger charge is -2.24. The molecule has 0 aromatic carbocycles. The number of pyridine rings is 1. The van der Waals surface area contributed by atoms with Gasteiger partial charge in [0.25, 0.3) is 0 Å². The second-order valence-corrected chi connectivity index (χ2v) is 4.99. The van der Waals surface area contributed by atoms with Gasteiger partial charge in [0.05, 0.1) is 18.0 Å². The van der Waals surface area contributed by atoms with Crippen molar-refractivity contribution in [2.75, 3.05) is 13.6 Å². The highest BCUT2D eigenvalue weighted by molar-refractivity contribution is 5.09. The van der Waals surface area contributed by atoms with E-state index >= 15 is 0 Å². The molecule has 3 nitrogen and oxygen atoms in total. The van der Waals surface area contributed by atoms with E-state index in [4.69, 9.17) is 0 Å². The smallest absolute Gasteiger partial charge is 0.141 e. The average molecular weight is 238 g/mol. The third kappa shape index (κ3) is 3.23. The number of nitrogens with zero attached hydrogens (tertiary/aromatic N) is 2. The fourth-order valence-electron chi connectivity index (χ4n) is 2.07. The first-order valence-corrected chi connectivity index (χ1v) is 6.07. The van der Waals surface area contributed by atoms with Crippen molar-refractivity contribution in [2.45, 2.75) is 31.9 Å². The van der Waals surface area contributed by atoms with Gasteiger partial charge in [-0.25, -0.2) is 4.39 Å². The first-order chi connectivity index (χ1) is 8.08. The van der Waals surface area contributed by atoms with Crippen LogP contribution in [0.15, 0.2) is 18.3 Å². The molecule has 1 heterocycles. The van der Waals surface area contributed by atoms with Crippen LogP contribution in [0.4, 0.5) is 4.39 Å². The Hall–Kier alpha value is -1.00. The Morgan fingerprint density at radius 1 is 1.53 bits per heavy atom. The Morgan fingerprint density at radius 2 is 2.24 bits per heavy atom. The summed E-state index contributed by atoms with van der Waals surface area (Å²) in [6.45, 7) is 2.83. The van der Waals surface area contributed by atoms with Gasteiger partial charge in [0.1, 0.15) is 5.82 Å². The van der Waals surface area contributed by atoms with E-state index in [0.29, 0.717) is 11.7 Å². The number of aliphatic hydroxyl groups is 1. The van der Waals surface area contributed by atoms with Crippen LogP contribution in [0.5, 0.6) is 0 Å². The molecule has 1 aliphatic rings. The molecule has 0 saturated heterocycles. The molecule has 94 valence electrons. The quantitative estimate of drug-likeness (QED) is 0.852. The fraction of sp³-hybridized carbons (Fsp3) is 0.615. The molecule has 0 bridgehead atoms. The van der Waals surface area contributed by atoms with Crippen molar-refractivity contribution in [1.82, 2.24) is 9.88 Å². The van der Waals surface area contributed by atoms with Gasteiger partial charge >= 0.3 is 0 Å². The third-order valence-corrected chi connectivity index (χ3v) is 3.34. The van der Waals surface area contributed by atoms with E-state index in [1.165, 1.54) is 18.9 Å². The second-order valence-electron chi connectivity index (χ2n) is 4.99. The molecule has 0 amide bonds. The number of hydrogen-bond acceptors (Lipinski definition) is 3. The maximum absolute atomic E-state index is 12.7. The van der Waals surface area contributed by atoms with Gasteiger partial charge in [-0.15, -0.1) is 0 Å². The Kier molecular flexibility index (Phi) is 3.74. The first kappa shape index (κ1) is 12.5. The first-order valence-electron chi connectivity index (χ1n) is 6.07. The van der Waals surface area contributed by atoms with E-state index in [2.05, 4.69) is 16.9 Å². The van der Waals surface area contributed by atoms with E-state index < -0.39 is 6.10 Å². The Labute approximate surface area is 101 Å². The van der Waals surface area contributed by atoms with Gasteiger partial charge < -0.3 is 10.0 Å². The molecule has 1 saturated carbocycles. The van der Waals surface area contributed by atoms with Crippen LogP contribution in [0.2, 0.25) is 0 Å². The molecule has 2 atom stereocenters. The summed E-state index contributed by atoms with van der Waals surface area (Å²) in [6, 6.07) is 3.57. The molecule has 2 unspecified atom stereocenters. The largest absolute Gasteiger partial charge is 0.386 e. The van der Waals surface area contributed by atoms with Gasteiger partial charge in [-0.3, -0.25) is 4.98 Å². The number of rotatable bonds is 5. The number of halogens is 1. The lowest BCUT2D eigenvalue weighted by Crippen LogP contribution is -2.29. The molecular weight excluding hydrogens is 219 g/mol. The molecule has 1 N–H and O–H groups in total. The zero-order valence-corrected chi connectivity index (χ0v) is 10.3. The van der Waals surface area contributed by atoms with E-state index in [0.717, 1.165) is 12.7 Å². The topological polar surface area (TPSA) is 36.4 Å². The molecule has 1 fully saturated rings. The van der Waals surface area contributed by atoms with E-state index in [1.807, 2.05) is 6.92 Å². The van der Waals surface area contributed by atoms with Crippen LogP contribution < -0.4 is 0 Å². The van der Waals surface area contributed by atoms with Crippen LogP contribution in [-0.2, 0) is 0 Å². The summed E-state index contributed by atoms with van der Waals surface area (Å²) in [7, 11) is 2.08. The summed E-state index contributed by atoms with van der Waals surface area (Å²) in [4.78, 5) is 6.20. The Balaban J connectivity index is 1.93. The van der Waals surface area contributed by atoms with Crippen LogP contribution in [-0.4, -0.2) is 34.6 Å². The van der Waals surface area contributed by atoms with Crippen molar-refractivity contribution < 1.29 is 9.50 Å². The summed E-state index contributed by atoms with van der Waals surface area (Å²) in [5, 5.41) is 10.1. The fourth-order valence-corrected chi connectivity index (χ4v) is 2.07. The van der Waals surface area contributed by atoms with Crippen molar-refractivity contribution >= 4 is 0 Å². The van der Waals surface area contributed by atoms with Gasteiger partial charge in [0, 0.05) is 18.5 Å². The minimum atomic E-state index is -0.628. The predicted molar refractivity (Wildman–Crippen MR) is 64.0 cm³/mol. The molecule has 4 heteroatoms. The van der Waals surface area contributed by atoms with Gasteiger partial charge in [0.2, 0.25) is 0 Å². The maximum Gasteiger partial charge on any atom is 0.141 e. The minimum absolute atomic E-state index is 0.0959. The summed E-state index contributed by atoms with van der Waals surface area (Å²) < 4.78 is 12.7. The van der Waals surface area contributed by atoms with Crippen LogP contribution in [0.25, 0.3) is 0 Å². The molecule has 1 aromatic heterocycles. The van der Waals surface area contributed by atoms with Crippen molar-refractivity contribution in [3.05, 3.63) is 29.8 Å². The number of hydrogen-bond donors (Lipinski definition) is 1. The van der Waals surface area contributed by atoms with Crippen LogP contribution >= 0.6 is 0 Å². The predicted octanol–water partition coefficient (Wildman–Crippen LogP) is 1.98. The molecular formula is C13H19FN2O. The highest BCUT2D eigenvalue weighted by Crippen LogP contribution is 2.28. The van der Waals surface area contributed by atoms with Crippen molar-refractivity contribution in [3.63, 3.8) is 0 Å². The Morgan fingerprint density at radius 3 is 2.76 bits per heavy atom. The lowest BCUT2D eigenvalue weighted by atomic mass is 10.0. The second kappa shape index (κ2) is 5.10. The number of aliphatic hydroxyl groups excluding tert-OH is 1. The molecule has 1 aromatic rings. The van der Waals surface area contributed by atoms with Crippen molar-refractivity contribution in [1.29, 1.82) is 0 Å². The van der Waals surface area contributed by atoms with Crippen LogP contribution in [0.3, 0.4) is 0 Å². The monoisotopic (exact) mass is 238 g/mol. The van der Waals surface area contributed by atoms with Gasteiger partial charge in [-0.05, 0) is 32.0 Å². The van der Waals surface area contributed by atoms with E-state index in [9.17, 15) is 9.50 Å². The van der Waals surface area contributed by atoms with Gasteiger partial charge in [-0.2, -0.15) is 0 Å². The summed E-state index contributed by atoms with van der Waals surface area (Å²) >= 11 is 0. The van der Waals surface area contributed by atoms with Crippen molar-refractivity contribution in [3.8, 4) is 0 Å². The van der Waals surface area contributed by atoms with E-state index in [1.54, 1.807) is 6.07 Å². The highest BCUT2D eigenvalue weighted by Gasteiger charge is 2.28. The normalized spacial score (nSPS) is 19.4. The minimum Gasteiger partial charge on any atom is -0.386 e. The SMILES string of the molecule is CC(CN(C)C1CC1)C(O)c1ccc(F)cn1. The number of aromatic nitrogens is 1. The van der Waals surface area contributed by atoms with E-state index in [-0.39, 0.29) is 11.7 Å². The zero-order valence-electron chi connectivity index (χ0n) is 10.3. The molecule has 17 heavy (non-hydrogen) atoms. The van der Waals surface area contributed by atoms with Crippen LogP contribution in [0, 0.1) is 11.7 Å². The van der Waals surface area contributed by atoms with Gasteiger partial charge in [0.15, 0.2) is 0 Å². The Bertz CT molecular complexity index is 364. The highest BCUT2D eigenvalue weighted by atomic mass is 19.1. The lowest BCUT2D eigenvalue weighted by molar-refractivity contribution is 0.0895. The third-order valence-electron chi connectivity index (χ3n) is 3.34. The summed E-state index contributed by atoms with van der Waals surface area (Å²) in [5.41, 5.74) is 0.545. The summed E-state index contributed by atoms with van der Waals surface area (Å²) in [6.07, 6.45) is 3.04. The standard InChI is InChI=1S/C13H19FN2O/c1-9(8-16(2)11-4-5-11)13(17)12-6-3-10(14)7-15-12/h3,6-7,9,11,13,17H,4-5,8H2,1-2H3. The van der Waals surface area contributed by atoms with Crippen molar-refractivity contribution in [2.24, 2.45) is 5.92 Å². The van der Waals surface area contributed by atoms with Gasteiger partial charge in [-0.1, -0.05) is 6.92 Å². The average Bonchev–Trinajstić information content (AvgIpc) is 3.12. The molecule has 0 spiro atoms.